The molecule has 2 unspecified atom stereocenters. The molecule has 1 aliphatic heterocycles. The fourth-order valence-corrected chi connectivity index (χ4v) is 2.66. The molecule has 1 rings (SSSR count). The zero-order chi connectivity index (χ0) is 12.1. The molecule has 3 heteroatoms. The largest absolute Gasteiger partial charge is 0.361 e. The van der Waals surface area contributed by atoms with Gasteiger partial charge >= 0.3 is 0 Å². The van der Waals surface area contributed by atoms with E-state index in [1.807, 2.05) is 11.8 Å². The summed E-state index contributed by atoms with van der Waals surface area (Å²) in [5.74, 6) is 3.36. The minimum absolute atomic E-state index is 0.637. The molecule has 1 fully saturated rings. The molecule has 0 aromatic heterocycles. The Morgan fingerprint density at radius 1 is 1.31 bits per heavy atom. The van der Waals surface area contributed by atoms with Gasteiger partial charge in [-0.15, -0.1) is 0 Å². The van der Waals surface area contributed by atoms with E-state index in [2.05, 4.69) is 44.9 Å². The fraction of sp³-hybridized carbons (Fsp3) is 0.923. The lowest BCUT2D eigenvalue weighted by molar-refractivity contribution is 0.430. The van der Waals surface area contributed by atoms with Crippen LogP contribution < -0.4 is 5.32 Å². The molecule has 94 valence electrons. The summed E-state index contributed by atoms with van der Waals surface area (Å²) in [4.78, 5) is 4.67. The van der Waals surface area contributed by atoms with Gasteiger partial charge < -0.3 is 5.32 Å². The zero-order valence-electron chi connectivity index (χ0n) is 11.3. The van der Waals surface area contributed by atoms with E-state index < -0.39 is 0 Å². The van der Waals surface area contributed by atoms with Gasteiger partial charge in [-0.3, -0.25) is 4.99 Å². The number of amidine groups is 1. The van der Waals surface area contributed by atoms with Gasteiger partial charge in [0.05, 0.1) is 0 Å². The van der Waals surface area contributed by atoms with E-state index in [1.165, 1.54) is 12.2 Å². The monoisotopic (exact) mass is 242 g/mol. The number of hydrogen-bond donors (Lipinski definition) is 1. The summed E-state index contributed by atoms with van der Waals surface area (Å²) in [7, 11) is 0. The summed E-state index contributed by atoms with van der Waals surface area (Å²) >= 11 is 1.89. The number of aliphatic imine (C=N–C) groups is 1. The van der Waals surface area contributed by atoms with E-state index in [-0.39, 0.29) is 0 Å². The summed E-state index contributed by atoms with van der Waals surface area (Å²) in [5, 5.41) is 4.69. The summed E-state index contributed by atoms with van der Waals surface area (Å²) in [6, 6.07) is 0.637. The summed E-state index contributed by atoms with van der Waals surface area (Å²) in [6.07, 6.45) is 1.26. The minimum Gasteiger partial charge on any atom is -0.361 e. The average Bonchev–Trinajstić information content (AvgIpc) is 2.60. The van der Waals surface area contributed by atoms with Gasteiger partial charge in [0.15, 0.2) is 5.17 Å². The van der Waals surface area contributed by atoms with E-state index in [1.54, 1.807) is 0 Å². The molecule has 2 atom stereocenters. The maximum absolute atomic E-state index is 4.67. The van der Waals surface area contributed by atoms with Gasteiger partial charge in [-0.1, -0.05) is 46.4 Å². The normalized spacial score (nSPS) is 25.4. The SMILES string of the molecule is CC(C)CC1CSC(=NCC(C)C(C)C)N1. The van der Waals surface area contributed by atoms with Crippen molar-refractivity contribution >= 4 is 16.9 Å². The summed E-state index contributed by atoms with van der Waals surface area (Å²) < 4.78 is 0. The molecule has 0 saturated carbocycles. The van der Waals surface area contributed by atoms with E-state index >= 15 is 0 Å². The van der Waals surface area contributed by atoms with Crippen molar-refractivity contribution < 1.29 is 0 Å². The third-order valence-corrected chi connectivity index (χ3v) is 4.26. The molecule has 0 aromatic carbocycles. The highest BCUT2D eigenvalue weighted by Gasteiger charge is 2.21. The number of thioether (sulfide) groups is 1. The van der Waals surface area contributed by atoms with Crippen LogP contribution in [0.25, 0.3) is 0 Å². The van der Waals surface area contributed by atoms with Gasteiger partial charge in [-0.05, 0) is 24.2 Å². The van der Waals surface area contributed by atoms with Crippen molar-refractivity contribution in [2.75, 3.05) is 12.3 Å². The van der Waals surface area contributed by atoms with Gasteiger partial charge in [0, 0.05) is 18.3 Å². The molecule has 16 heavy (non-hydrogen) atoms. The molecule has 1 heterocycles. The van der Waals surface area contributed by atoms with Crippen molar-refractivity contribution in [3.05, 3.63) is 0 Å². The predicted molar refractivity (Wildman–Crippen MR) is 75.1 cm³/mol. The lowest BCUT2D eigenvalue weighted by Crippen LogP contribution is -2.28. The molecule has 1 saturated heterocycles. The first-order valence-corrected chi connectivity index (χ1v) is 7.41. The predicted octanol–water partition coefficient (Wildman–Crippen LogP) is 3.39. The van der Waals surface area contributed by atoms with E-state index in [4.69, 9.17) is 0 Å². The van der Waals surface area contributed by atoms with Crippen molar-refractivity contribution in [1.29, 1.82) is 0 Å². The number of hydrogen-bond acceptors (Lipinski definition) is 2. The Morgan fingerprint density at radius 3 is 2.56 bits per heavy atom. The molecule has 1 N–H and O–H groups in total. The highest BCUT2D eigenvalue weighted by Crippen LogP contribution is 2.19. The smallest absolute Gasteiger partial charge is 0.156 e. The second-order valence-electron chi connectivity index (χ2n) is 5.65. The van der Waals surface area contributed by atoms with Crippen molar-refractivity contribution in [3.8, 4) is 0 Å². The Kier molecular flexibility index (Phi) is 5.67. The van der Waals surface area contributed by atoms with Crippen LogP contribution in [-0.4, -0.2) is 23.5 Å². The Hall–Kier alpha value is -0.180. The lowest BCUT2D eigenvalue weighted by atomic mass is 9.99. The highest BCUT2D eigenvalue weighted by atomic mass is 32.2. The van der Waals surface area contributed by atoms with Crippen LogP contribution in [0.15, 0.2) is 4.99 Å². The second kappa shape index (κ2) is 6.53. The fourth-order valence-electron chi connectivity index (χ4n) is 1.66. The van der Waals surface area contributed by atoms with Crippen LogP contribution in [0.1, 0.15) is 41.0 Å². The average molecular weight is 242 g/mol. The second-order valence-corrected chi connectivity index (χ2v) is 6.66. The van der Waals surface area contributed by atoms with Crippen LogP contribution in [0.4, 0.5) is 0 Å². The number of rotatable bonds is 5. The van der Waals surface area contributed by atoms with Crippen LogP contribution >= 0.6 is 11.8 Å². The van der Waals surface area contributed by atoms with Crippen LogP contribution in [0.5, 0.6) is 0 Å². The summed E-state index contributed by atoms with van der Waals surface area (Å²) in [6.45, 7) is 12.3. The Morgan fingerprint density at radius 2 is 2.00 bits per heavy atom. The van der Waals surface area contributed by atoms with E-state index in [0.29, 0.717) is 12.0 Å². The Labute approximate surface area is 105 Å². The maximum atomic E-state index is 4.67. The third-order valence-electron chi connectivity index (χ3n) is 3.17. The molecule has 0 spiro atoms. The molecule has 0 radical (unpaired) electrons. The molecular weight excluding hydrogens is 216 g/mol. The minimum atomic E-state index is 0.637. The number of nitrogens with zero attached hydrogens (tertiary/aromatic N) is 1. The van der Waals surface area contributed by atoms with Gasteiger partial charge in [0.25, 0.3) is 0 Å². The molecule has 0 amide bonds. The first-order valence-electron chi connectivity index (χ1n) is 6.42. The molecule has 0 bridgehead atoms. The van der Waals surface area contributed by atoms with E-state index in [9.17, 15) is 0 Å². The molecule has 0 aromatic rings. The van der Waals surface area contributed by atoms with Crippen molar-refractivity contribution in [2.45, 2.75) is 47.1 Å². The highest BCUT2D eigenvalue weighted by molar-refractivity contribution is 8.14. The first kappa shape index (κ1) is 13.9. The molecule has 0 aliphatic carbocycles. The van der Waals surface area contributed by atoms with Gasteiger partial charge in [-0.25, -0.2) is 0 Å². The van der Waals surface area contributed by atoms with Crippen molar-refractivity contribution in [3.63, 3.8) is 0 Å². The van der Waals surface area contributed by atoms with Gasteiger partial charge in [-0.2, -0.15) is 0 Å². The quantitative estimate of drug-likeness (QED) is 0.799. The first-order chi connectivity index (χ1) is 7.49. The topological polar surface area (TPSA) is 24.4 Å². The van der Waals surface area contributed by atoms with E-state index in [0.717, 1.165) is 23.5 Å². The maximum Gasteiger partial charge on any atom is 0.156 e. The van der Waals surface area contributed by atoms with Gasteiger partial charge in [0.1, 0.15) is 0 Å². The van der Waals surface area contributed by atoms with Crippen LogP contribution in [0.3, 0.4) is 0 Å². The Bertz CT molecular complexity index is 236. The number of nitrogens with one attached hydrogen (secondary N) is 1. The van der Waals surface area contributed by atoms with Gasteiger partial charge in [0.2, 0.25) is 0 Å². The summed E-state index contributed by atoms with van der Waals surface area (Å²) in [5.41, 5.74) is 0. The van der Waals surface area contributed by atoms with Crippen LogP contribution in [0, 0.1) is 17.8 Å². The van der Waals surface area contributed by atoms with Crippen molar-refractivity contribution in [2.24, 2.45) is 22.7 Å². The standard InChI is InChI=1S/C13H26N2S/c1-9(2)6-12-8-16-13(15-12)14-7-11(5)10(3)4/h9-12H,6-8H2,1-5H3,(H,14,15). The van der Waals surface area contributed by atoms with Crippen LogP contribution in [-0.2, 0) is 0 Å². The molecular formula is C13H26N2S. The Balaban J connectivity index is 2.32. The molecule has 2 nitrogen and oxygen atoms in total. The third kappa shape index (κ3) is 4.77. The zero-order valence-corrected chi connectivity index (χ0v) is 12.1. The van der Waals surface area contributed by atoms with Crippen molar-refractivity contribution in [1.82, 2.24) is 5.32 Å². The lowest BCUT2D eigenvalue weighted by Gasteiger charge is -2.14. The molecule has 1 aliphatic rings. The van der Waals surface area contributed by atoms with Crippen LogP contribution in [0.2, 0.25) is 0 Å².